The molecule has 1 saturated heterocycles. The Bertz CT molecular complexity index is 1090. The number of rotatable bonds is 8. The van der Waals surface area contributed by atoms with Gasteiger partial charge in [0.2, 0.25) is 17.7 Å². The quantitative estimate of drug-likeness (QED) is 0.303. The molecule has 1 aromatic carbocycles. The maximum absolute atomic E-state index is 13.7. The maximum atomic E-state index is 13.7. The number of hydrogen-bond donors (Lipinski definition) is 3. The van der Waals surface area contributed by atoms with E-state index in [4.69, 9.17) is 5.21 Å². The molecule has 5 rings (SSSR count). The summed E-state index contributed by atoms with van der Waals surface area (Å²) in [7, 11) is 0. The second-order valence-corrected chi connectivity index (χ2v) is 10.4. The highest BCUT2D eigenvalue weighted by Crippen LogP contribution is 2.46. The van der Waals surface area contributed by atoms with E-state index in [9.17, 15) is 14.4 Å². The topological polar surface area (TPSA) is 106 Å². The van der Waals surface area contributed by atoms with Gasteiger partial charge < -0.3 is 14.8 Å². The van der Waals surface area contributed by atoms with Gasteiger partial charge in [-0.1, -0.05) is 50.3 Å². The van der Waals surface area contributed by atoms with Crippen LogP contribution in [0.2, 0.25) is 0 Å². The molecule has 0 radical (unpaired) electrons. The SMILES string of the molecule is O=C(CCCCCCN1CC(=O)N2[C@@H](C3CCCCC3)c3[nH]c4ccccc4c3C[C@H]2C1=O)NO. The summed E-state index contributed by atoms with van der Waals surface area (Å²) in [5.74, 6) is 0.149. The molecule has 3 amide bonds. The Kier molecular flexibility index (Phi) is 7.09. The predicted molar refractivity (Wildman–Crippen MR) is 132 cm³/mol. The molecule has 0 spiro atoms. The number of H-pyrrole nitrogens is 1. The smallest absolute Gasteiger partial charge is 0.246 e. The number of nitrogens with zero attached hydrogens (tertiary/aromatic N) is 2. The largest absolute Gasteiger partial charge is 0.356 e. The first-order valence-electron chi connectivity index (χ1n) is 13.2. The van der Waals surface area contributed by atoms with Crippen molar-refractivity contribution in [3.05, 3.63) is 35.5 Å². The van der Waals surface area contributed by atoms with Crippen LogP contribution in [0.15, 0.2) is 24.3 Å². The molecule has 35 heavy (non-hydrogen) atoms. The number of para-hydroxylation sites is 1. The lowest BCUT2D eigenvalue weighted by molar-refractivity contribution is -0.161. The van der Waals surface area contributed by atoms with Gasteiger partial charge in [-0.3, -0.25) is 19.6 Å². The number of hydroxylamine groups is 1. The summed E-state index contributed by atoms with van der Waals surface area (Å²) in [5.41, 5.74) is 5.10. The number of carbonyl (C=O) groups excluding carboxylic acids is 3. The zero-order valence-corrected chi connectivity index (χ0v) is 20.3. The van der Waals surface area contributed by atoms with Gasteiger partial charge in [-0.15, -0.1) is 0 Å². The highest BCUT2D eigenvalue weighted by atomic mass is 16.5. The zero-order chi connectivity index (χ0) is 24.4. The Morgan fingerprint density at radius 3 is 2.63 bits per heavy atom. The van der Waals surface area contributed by atoms with Crippen molar-refractivity contribution in [2.75, 3.05) is 13.1 Å². The number of nitrogens with one attached hydrogen (secondary N) is 2. The molecular weight excluding hydrogens is 444 g/mol. The number of hydrogen-bond acceptors (Lipinski definition) is 4. The lowest BCUT2D eigenvalue weighted by atomic mass is 9.77. The van der Waals surface area contributed by atoms with Gasteiger partial charge in [0, 0.05) is 36.0 Å². The second-order valence-electron chi connectivity index (χ2n) is 10.4. The molecule has 3 N–H and O–H groups in total. The van der Waals surface area contributed by atoms with Crippen molar-refractivity contribution in [2.45, 2.75) is 82.7 Å². The van der Waals surface area contributed by atoms with Gasteiger partial charge in [0.25, 0.3) is 0 Å². The minimum Gasteiger partial charge on any atom is -0.356 e. The summed E-state index contributed by atoms with van der Waals surface area (Å²) in [6.45, 7) is 0.719. The number of fused-ring (bicyclic) bond motifs is 4. The molecule has 3 heterocycles. The van der Waals surface area contributed by atoms with Crippen molar-refractivity contribution >= 4 is 28.6 Å². The van der Waals surface area contributed by atoms with Crippen molar-refractivity contribution in [2.24, 2.45) is 5.92 Å². The number of piperazine rings is 1. The van der Waals surface area contributed by atoms with Gasteiger partial charge in [0.05, 0.1) is 12.6 Å². The molecule has 2 fully saturated rings. The van der Waals surface area contributed by atoms with Crippen LogP contribution in [0.5, 0.6) is 0 Å². The van der Waals surface area contributed by atoms with Crippen LogP contribution in [0.1, 0.15) is 81.5 Å². The first kappa shape index (κ1) is 23.9. The predicted octanol–water partition coefficient (Wildman–Crippen LogP) is 3.84. The lowest BCUT2D eigenvalue weighted by Gasteiger charge is -2.49. The van der Waals surface area contributed by atoms with Crippen LogP contribution in [-0.4, -0.2) is 56.8 Å². The number of amides is 3. The number of carbonyl (C=O) groups is 3. The number of benzene rings is 1. The van der Waals surface area contributed by atoms with Crippen LogP contribution in [0.25, 0.3) is 10.9 Å². The molecule has 3 aliphatic rings. The molecule has 0 bridgehead atoms. The molecule has 0 unspecified atom stereocenters. The highest BCUT2D eigenvalue weighted by molar-refractivity contribution is 5.97. The monoisotopic (exact) mass is 480 g/mol. The van der Waals surface area contributed by atoms with E-state index in [-0.39, 0.29) is 30.3 Å². The van der Waals surface area contributed by atoms with E-state index in [0.717, 1.165) is 43.3 Å². The third kappa shape index (κ3) is 4.68. The van der Waals surface area contributed by atoms with E-state index in [1.54, 1.807) is 10.4 Å². The first-order valence-corrected chi connectivity index (χ1v) is 13.2. The Morgan fingerprint density at radius 1 is 1.06 bits per heavy atom. The molecule has 1 aliphatic carbocycles. The third-order valence-electron chi connectivity index (χ3n) is 8.19. The summed E-state index contributed by atoms with van der Waals surface area (Å²) in [5, 5.41) is 9.76. The fourth-order valence-electron chi connectivity index (χ4n) is 6.49. The average molecular weight is 481 g/mol. The first-order chi connectivity index (χ1) is 17.1. The molecule has 2 atom stereocenters. The molecule has 8 nitrogen and oxygen atoms in total. The number of aromatic nitrogens is 1. The molecular formula is C27H36N4O4. The number of unbranched alkanes of at least 4 members (excludes halogenated alkanes) is 3. The summed E-state index contributed by atoms with van der Waals surface area (Å²) >= 11 is 0. The minimum atomic E-state index is -0.428. The van der Waals surface area contributed by atoms with Gasteiger partial charge in [0.15, 0.2) is 0 Å². The Balaban J connectivity index is 1.34. The van der Waals surface area contributed by atoms with Crippen LogP contribution in [0.4, 0.5) is 0 Å². The van der Waals surface area contributed by atoms with Crippen LogP contribution in [-0.2, 0) is 20.8 Å². The average Bonchev–Trinajstić information content (AvgIpc) is 3.26. The fourth-order valence-corrected chi connectivity index (χ4v) is 6.49. The van der Waals surface area contributed by atoms with Gasteiger partial charge in [0.1, 0.15) is 6.04 Å². The van der Waals surface area contributed by atoms with Gasteiger partial charge in [-0.05, 0) is 43.2 Å². The van der Waals surface area contributed by atoms with Crippen LogP contribution >= 0.6 is 0 Å². The van der Waals surface area contributed by atoms with Crippen molar-refractivity contribution in [1.29, 1.82) is 0 Å². The summed E-state index contributed by atoms with van der Waals surface area (Å²) in [4.78, 5) is 45.7. The van der Waals surface area contributed by atoms with Crippen LogP contribution in [0.3, 0.4) is 0 Å². The Labute approximate surface area is 206 Å². The molecule has 2 aliphatic heterocycles. The Morgan fingerprint density at radius 2 is 1.83 bits per heavy atom. The van der Waals surface area contributed by atoms with Crippen LogP contribution < -0.4 is 5.48 Å². The van der Waals surface area contributed by atoms with Gasteiger partial charge >= 0.3 is 0 Å². The molecule has 188 valence electrons. The lowest BCUT2D eigenvalue weighted by Crippen LogP contribution is -2.63. The molecule has 1 saturated carbocycles. The van der Waals surface area contributed by atoms with E-state index >= 15 is 0 Å². The summed E-state index contributed by atoms with van der Waals surface area (Å²) < 4.78 is 0. The highest BCUT2D eigenvalue weighted by Gasteiger charge is 2.49. The van der Waals surface area contributed by atoms with Crippen molar-refractivity contribution in [1.82, 2.24) is 20.3 Å². The minimum absolute atomic E-state index is 0.0484. The summed E-state index contributed by atoms with van der Waals surface area (Å²) in [6, 6.07) is 7.81. The molecule has 2 aromatic rings. The zero-order valence-electron chi connectivity index (χ0n) is 20.3. The maximum Gasteiger partial charge on any atom is 0.246 e. The second kappa shape index (κ2) is 10.4. The number of aromatic amines is 1. The van der Waals surface area contributed by atoms with Gasteiger partial charge in [-0.25, -0.2) is 5.48 Å². The fraction of sp³-hybridized carbons (Fsp3) is 0.593. The molecule has 1 aromatic heterocycles. The Hall–Kier alpha value is -2.87. The normalized spacial score (nSPS) is 22.9. The summed E-state index contributed by atoms with van der Waals surface area (Å²) in [6.07, 6.45) is 9.90. The van der Waals surface area contributed by atoms with Crippen LogP contribution in [0, 0.1) is 5.92 Å². The van der Waals surface area contributed by atoms with E-state index in [2.05, 4.69) is 17.1 Å². The third-order valence-corrected chi connectivity index (χ3v) is 8.19. The van der Waals surface area contributed by atoms with Crippen molar-refractivity contribution in [3.8, 4) is 0 Å². The van der Waals surface area contributed by atoms with E-state index in [0.29, 0.717) is 31.7 Å². The molecule has 8 heteroatoms. The van der Waals surface area contributed by atoms with Crippen molar-refractivity contribution < 1.29 is 19.6 Å². The van der Waals surface area contributed by atoms with E-state index < -0.39 is 6.04 Å². The van der Waals surface area contributed by atoms with Crippen molar-refractivity contribution in [3.63, 3.8) is 0 Å². The van der Waals surface area contributed by atoms with Gasteiger partial charge in [-0.2, -0.15) is 0 Å². The van der Waals surface area contributed by atoms with E-state index in [1.807, 2.05) is 17.0 Å². The van der Waals surface area contributed by atoms with E-state index in [1.165, 1.54) is 30.2 Å². The standard InChI is InChI=1S/C27H36N4O4/c32-23(29-35)14-6-1-2-9-15-30-17-24(33)31-22(27(30)34)16-20-19-12-7-8-13-21(19)28-25(20)26(31)18-10-4-3-5-11-18/h7-8,12-13,18,22,26,28,35H,1-6,9-11,14-17H2,(H,29,32)/t22-,26-/m0/s1.